The Labute approximate surface area is 90.7 Å². The highest BCUT2D eigenvalue weighted by Crippen LogP contribution is 2.12. The summed E-state index contributed by atoms with van der Waals surface area (Å²) in [6.45, 7) is 1.37. The highest BCUT2D eigenvalue weighted by molar-refractivity contribution is 5.51. The molecule has 0 aliphatic rings. The first-order chi connectivity index (χ1) is 7.26. The van der Waals surface area contributed by atoms with Gasteiger partial charge in [-0.15, -0.1) is 0 Å². The van der Waals surface area contributed by atoms with Gasteiger partial charge in [-0.25, -0.2) is 0 Å². The third-order valence-electron chi connectivity index (χ3n) is 2.30. The normalized spacial score (nSPS) is 10.3. The predicted molar refractivity (Wildman–Crippen MR) is 60.3 cm³/mol. The molecule has 1 rings (SSSR count). The number of nitrogens with zero attached hydrogens (tertiary/aromatic N) is 1. The number of carbonyl (C=O) groups excluding carboxylic acids is 1. The minimum absolute atomic E-state index is 0.490. The summed E-state index contributed by atoms with van der Waals surface area (Å²) >= 11 is 0. The van der Waals surface area contributed by atoms with Gasteiger partial charge in [0.15, 0.2) is 0 Å². The molecule has 0 radical (unpaired) electrons. The fourth-order valence-corrected chi connectivity index (χ4v) is 1.37. The molecule has 15 heavy (non-hydrogen) atoms. The van der Waals surface area contributed by atoms with E-state index in [1.807, 2.05) is 30.1 Å². The van der Waals surface area contributed by atoms with Crippen molar-refractivity contribution in [1.82, 2.24) is 4.90 Å². The van der Waals surface area contributed by atoms with Crippen LogP contribution in [0.25, 0.3) is 0 Å². The summed E-state index contributed by atoms with van der Waals surface area (Å²) in [5, 5.41) is 0. The van der Waals surface area contributed by atoms with Gasteiger partial charge in [0, 0.05) is 6.54 Å². The molecule has 0 unspecified atom stereocenters. The van der Waals surface area contributed by atoms with Gasteiger partial charge in [-0.1, -0.05) is 12.1 Å². The van der Waals surface area contributed by atoms with Crippen LogP contribution < -0.4 is 4.74 Å². The fourth-order valence-electron chi connectivity index (χ4n) is 1.37. The molecular weight excluding hydrogens is 190 g/mol. The van der Waals surface area contributed by atoms with E-state index < -0.39 is 0 Å². The maximum atomic E-state index is 10.3. The second kappa shape index (κ2) is 6.19. The second-order valence-electron chi connectivity index (χ2n) is 3.53. The van der Waals surface area contributed by atoms with Crippen molar-refractivity contribution in [3.8, 4) is 5.75 Å². The molecule has 0 saturated carbocycles. The summed E-state index contributed by atoms with van der Waals surface area (Å²) in [6, 6.07) is 8.00. The Morgan fingerprint density at radius 1 is 1.47 bits per heavy atom. The summed E-state index contributed by atoms with van der Waals surface area (Å²) < 4.78 is 5.14. The largest absolute Gasteiger partial charge is 0.497 e. The first-order valence-corrected chi connectivity index (χ1v) is 5.01. The molecule has 0 aliphatic carbocycles. The molecule has 3 nitrogen and oxygen atoms in total. The molecule has 0 fully saturated rings. The standard InChI is InChI=1S/C12H17NO2/c1-13(8-9-14)7-6-11-4-3-5-12(10-11)15-2/h3-5,9-10H,6-8H2,1-2H3. The van der Waals surface area contributed by atoms with Crippen LogP contribution in [0.3, 0.4) is 0 Å². The van der Waals surface area contributed by atoms with Gasteiger partial charge in [0.25, 0.3) is 0 Å². The zero-order chi connectivity index (χ0) is 11.1. The Balaban J connectivity index is 2.46. The molecule has 0 bridgehead atoms. The summed E-state index contributed by atoms with van der Waals surface area (Å²) in [5.41, 5.74) is 1.23. The van der Waals surface area contributed by atoms with E-state index >= 15 is 0 Å². The molecule has 0 spiro atoms. The second-order valence-corrected chi connectivity index (χ2v) is 3.53. The van der Waals surface area contributed by atoms with Crippen LogP contribution in [0.4, 0.5) is 0 Å². The Hall–Kier alpha value is -1.35. The van der Waals surface area contributed by atoms with Crippen LogP contribution >= 0.6 is 0 Å². The van der Waals surface area contributed by atoms with Gasteiger partial charge in [0.05, 0.1) is 13.7 Å². The average Bonchev–Trinajstić information content (AvgIpc) is 2.27. The number of hydrogen-bond donors (Lipinski definition) is 0. The minimum Gasteiger partial charge on any atom is -0.497 e. The Kier molecular flexibility index (Phi) is 4.84. The van der Waals surface area contributed by atoms with Gasteiger partial charge in [0.1, 0.15) is 12.0 Å². The summed E-state index contributed by atoms with van der Waals surface area (Å²) in [6.07, 6.45) is 1.85. The van der Waals surface area contributed by atoms with Crippen LogP contribution in [0.1, 0.15) is 5.56 Å². The fraction of sp³-hybridized carbons (Fsp3) is 0.417. The van der Waals surface area contributed by atoms with E-state index in [0.717, 1.165) is 25.0 Å². The summed E-state index contributed by atoms with van der Waals surface area (Å²) in [4.78, 5) is 12.3. The lowest BCUT2D eigenvalue weighted by molar-refractivity contribution is -0.108. The molecule has 0 amide bonds. The van der Waals surface area contributed by atoms with Crippen molar-refractivity contribution in [2.24, 2.45) is 0 Å². The predicted octanol–water partition coefficient (Wildman–Crippen LogP) is 1.37. The average molecular weight is 207 g/mol. The topological polar surface area (TPSA) is 29.5 Å². The van der Waals surface area contributed by atoms with Crippen molar-refractivity contribution >= 4 is 6.29 Å². The quantitative estimate of drug-likeness (QED) is 0.660. The van der Waals surface area contributed by atoms with E-state index in [9.17, 15) is 4.79 Å². The summed E-state index contributed by atoms with van der Waals surface area (Å²) in [5.74, 6) is 0.880. The molecule has 82 valence electrons. The first kappa shape index (κ1) is 11.7. The van der Waals surface area contributed by atoms with E-state index in [-0.39, 0.29) is 0 Å². The van der Waals surface area contributed by atoms with Gasteiger partial charge in [-0.3, -0.25) is 4.90 Å². The molecule has 0 heterocycles. The molecule has 0 aliphatic heterocycles. The molecule has 1 aromatic carbocycles. The summed E-state index contributed by atoms with van der Waals surface area (Å²) in [7, 11) is 3.60. The maximum Gasteiger partial charge on any atom is 0.133 e. The first-order valence-electron chi connectivity index (χ1n) is 5.01. The lowest BCUT2D eigenvalue weighted by Gasteiger charge is -2.12. The Morgan fingerprint density at radius 3 is 2.93 bits per heavy atom. The molecular formula is C12H17NO2. The number of aldehydes is 1. The number of rotatable bonds is 6. The minimum atomic E-state index is 0.490. The zero-order valence-corrected chi connectivity index (χ0v) is 9.27. The monoisotopic (exact) mass is 207 g/mol. The van der Waals surface area contributed by atoms with Gasteiger partial charge in [-0.2, -0.15) is 0 Å². The van der Waals surface area contributed by atoms with E-state index in [2.05, 4.69) is 6.07 Å². The lowest BCUT2D eigenvalue weighted by Crippen LogP contribution is -2.23. The van der Waals surface area contributed by atoms with Crippen molar-refractivity contribution in [2.75, 3.05) is 27.2 Å². The van der Waals surface area contributed by atoms with Crippen LogP contribution in [-0.4, -0.2) is 38.4 Å². The third-order valence-corrected chi connectivity index (χ3v) is 2.30. The van der Waals surface area contributed by atoms with Crippen LogP contribution in [0.15, 0.2) is 24.3 Å². The van der Waals surface area contributed by atoms with Gasteiger partial charge < -0.3 is 9.53 Å². The van der Waals surface area contributed by atoms with Crippen molar-refractivity contribution in [1.29, 1.82) is 0 Å². The number of ether oxygens (including phenoxy) is 1. The maximum absolute atomic E-state index is 10.3. The molecule has 1 aromatic rings. The van der Waals surface area contributed by atoms with Gasteiger partial charge >= 0.3 is 0 Å². The molecule has 0 aromatic heterocycles. The van der Waals surface area contributed by atoms with Crippen LogP contribution in [0.2, 0.25) is 0 Å². The Bertz CT molecular complexity index is 312. The van der Waals surface area contributed by atoms with Crippen molar-refractivity contribution in [3.05, 3.63) is 29.8 Å². The number of likely N-dealkylation sites (N-methyl/N-ethyl adjacent to an activating group) is 1. The Morgan fingerprint density at radius 2 is 2.27 bits per heavy atom. The van der Waals surface area contributed by atoms with Crippen LogP contribution in [-0.2, 0) is 11.2 Å². The van der Waals surface area contributed by atoms with E-state index in [1.54, 1.807) is 7.11 Å². The third kappa shape index (κ3) is 4.13. The van der Waals surface area contributed by atoms with Crippen LogP contribution in [0.5, 0.6) is 5.75 Å². The smallest absolute Gasteiger partial charge is 0.133 e. The van der Waals surface area contributed by atoms with Crippen molar-refractivity contribution in [2.45, 2.75) is 6.42 Å². The van der Waals surface area contributed by atoms with Crippen molar-refractivity contribution in [3.63, 3.8) is 0 Å². The number of methoxy groups -OCH3 is 1. The highest BCUT2D eigenvalue weighted by atomic mass is 16.5. The zero-order valence-electron chi connectivity index (χ0n) is 9.27. The SMILES string of the molecule is COc1cccc(CCN(C)CC=O)c1. The molecule has 0 atom stereocenters. The van der Waals surface area contributed by atoms with Crippen molar-refractivity contribution < 1.29 is 9.53 Å². The molecule has 0 N–H and O–H groups in total. The number of benzene rings is 1. The van der Waals surface area contributed by atoms with E-state index in [4.69, 9.17) is 4.74 Å². The molecule has 3 heteroatoms. The lowest BCUT2D eigenvalue weighted by atomic mass is 10.1. The number of carbonyl (C=O) groups is 1. The van der Waals surface area contributed by atoms with E-state index in [0.29, 0.717) is 6.54 Å². The molecule has 0 saturated heterocycles. The van der Waals surface area contributed by atoms with E-state index in [1.165, 1.54) is 5.56 Å². The van der Waals surface area contributed by atoms with Gasteiger partial charge in [0.2, 0.25) is 0 Å². The van der Waals surface area contributed by atoms with Crippen LogP contribution in [0, 0.1) is 0 Å². The number of hydrogen-bond acceptors (Lipinski definition) is 3. The highest BCUT2D eigenvalue weighted by Gasteiger charge is 1.99. The van der Waals surface area contributed by atoms with Gasteiger partial charge in [-0.05, 0) is 31.2 Å².